The van der Waals surface area contributed by atoms with Gasteiger partial charge < -0.3 is 0 Å². The van der Waals surface area contributed by atoms with Gasteiger partial charge in [0.25, 0.3) is 0 Å². The summed E-state index contributed by atoms with van der Waals surface area (Å²) in [4.78, 5) is 0. The Morgan fingerprint density at radius 3 is 0.872 bits per heavy atom. The molecule has 0 saturated heterocycles. The molecule has 0 aromatic carbocycles. The van der Waals surface area contributed by atoms with Crippen LogP contribution in [0, 0.1) is 0 Å². The van der Waals surface area contributed by atoms with Crippen LogP contribution in [0.3, 0.4) is 0 Å². The van der Waals surface area contributed by atoms with Crippen LogP contribution in [0.2, 0.25) is 8.87 Å². The van der Waals surface area contributed by atoms with Crippen LogP contribution in [0.5, 0.6) is 0 Å². The van der Waals surface area contributed by atoms with E-state index < -0.39 is 37.3 Å². The van der Waals surface area contributed by atoms with Crippen LogP contribution in [-0.2, 0) is 32.1 Å². The van der Waals surface area contributed by atoms with Crippen LogP contribution in [0.1, 0.15) is 132 Å². The van der Waals surface area contributed by atoms with Gasteiger partial charge in [0.1, 0.15) is 0 Å². The molecule has 0 aromatic rings. The molecule has 0 atom stereocenters. The van der Waals surface area contributed by atoms with Crippen molar-refractivity contribution in [3.63, 3.8) is 0 Å². The first-order chi connectivity index (χ1) is 18.9. The minimum absolute atomic E-state index is 0.452. The van der Waals surface area contributed by atoms with Crippen molar-refractivity contribution in [1.82, 2.24) is 0 Å². The number of hydrogen-bond donors (Lipinski definition) is 0. The molecule has 0 spiro atoms. The molecule has 0 aromatic heterocycles. The molecule has 0 aliphatic carbocycles. The molecule has 0 unspecified atom stereocenters. The van der Waals surface area contributed by atoms with Crippen LogP contribution in [0.25, 0.3) is 0 Å². The molecular formula is C28H64O8Si2Sn. The molecule has 0 aliphatic rings. The average Bonchev–Trinajstić information content (AvgIpc) is 2.89. The van der Waals surface area contributed by atoms with Gasteiger partial charge in [0.15, 0.2) is 0 Å². The zero-order valence-corrected chi connectivity index (χ0v) is 31.8. The molecule has 0 N–H and O–H groups in total. The first-order valence-electron chi connectivity index (χ1n) is 16.1. The fourth-order valence-electron chi connectivity index (χ4n) is 4.64. The van der Waals surface area contributed by atoms with Crippen LogP contribution in [0.4, 0.5) is 0 Å². The van der Waals surface area contributed by atoms with Gasteiger partial charge in [-0.1, -0.05) is 0 Å². The molecule has 236 valence electrons. The van der Waals surface area contributed by atoms with Crippen molar-refractivity contribution in [1.29, 1.82) is 0 Å². The second kappa shape index (κ2) is 25.4. The summed E-state index contributed by atoms with van der Waals surface area (Å²) in [5.74, 6) is 0. The summed E-state index contributed by atoms with van der Waals surface area (Å²) in [7, 11) is -6.88. The summed E-state index contributed by atoms with van der Waals surface area (Å²) in [6.07, 6.45) is 14.4. The predicted octanol–water partition coefficient (Wildman–Crippen LogP) is 8.27. The van der Waals surface area contributed by atoms with Gasteiger partial charge in [-0.3, -0.25) is 0 Å². The van der Waals surface area contributed by atoms with E-state index in [0.29, 0.717) is 39.6 Å². The van der Waals surface area contributed by atoms with Crippen molar-refractivity contribution in [3.05, 3.63) is 0 Å². The molecule has 0 aliphatic heterocycles. The zero-order chi connectivity index (χ0) is 29.3. The van der Waals surface area contributed by atoms with Gasteiger partial charge in [-0.15, -0.1) is 0 Å². The molecule has 0 radical (unpaired) electrons. The first-order valence-corrected chi connectivity index (χ1v) is 25.8. The molecule has 0 saturated carbocycles. The minimum atomic E-state index is -4.07. The number of unbranched alkanes of at least 4 members (excludes halogenated alkanes) is 10. The third kappa shape index (κ3) is 17.6. The zero-order valence-electron chi connectivity index (χ0n) is 26.9. The fourth-order valence-corrected chi connectivity index (χ4v) is 29.7. The Bertz CT molecular complexity index is 468. The van der Waals surface area contributed by atoms with E-state index in [9.17, 15) is 0 Å². The summed E-state index contributed by atoms with van der Waals surface area (Å²) < 4.78 is 53.4. The van der Waals surface area contributed by atoms with E-state index in [0.717, 1.165) is 34.6 Å². The summed E-state index contributed by atoms with van der Waals surface area (Å²) >= 11 is -4.07. The van der Waals surface area contributed by atoms with Crippen molar-refractivity contribution in [2.45, 2.75) is 141 Å². The molecule has 11 heteroatoms. The van der Waals surface area contributed by atoms with Crippen LogP contribution < -0.4 is 0 Å². The molecule has 0 heterocycles. The van der Waals surface area contributed by atoms with Crippen LogP contribution in [-0.4, -0.2) is 76.9 Å². The third-order valence-corrected chi connectivity index (χ3v) is 28.5. The molecule has 8 nitrogen and oxygen atoms in total. The van der Waals surface area contributed by atoms with Crippen molar-refractivity contribution in [2.75, 3.05) is 39.6 Å². The molecule has 0 amide bonds. The first kappa shape index (κ1) is 39.9. The summed E-state index contributed by atoms with van der Waals surface area (Å²) in [5, 5.41) is 0. The van der Waals surface area contributed by atoms with E-state index in [-0.39, 0.29) is 0 Å². The second-order valence-electron chi connectivity index (χ2n) is 9.75. The van der Waals surface area contributed by atoms with Crippen molar-refractivity contribution in [2.24, 2.45) is 0 Å². The van der Waals surface area contributed by atoms with Gasteiger partial charge >= 0.3 is 250 Å². The van der Waals surface area contributed by atoms with Gasteiger partial charge in [0.05, 0.1) is 0 Å². The quantitative estimate of drug-likeness (QED) is 0.0547. The fraction of sp³-hybridized carbons (Fsp3) is 1.00. The standard InChI is InChI=1S/2C8H17.2C6H15O4Si.Sn/c2*1-3-5-7-8-6-4-2;2*1-4-8-11(7,9-5-2)10-6-3;/h2*1,3-8H2,2H3;2*4-6H2,1-3H3;/q;;2*-1;+2. The van der Waals surface area contributed by atoms with E-state index in [1.165, 1.54) is 51.4 Å². The Kier molecular flexibility index (Phi) is 26.0. The Labute approximate surface area is 249 Å². The Morgan fingerprint density at radius 1 is 0.359 bits per heavy atom. The summed E-state index contributed by atoms with van der Waals surface area (Å²) in [6.45, 7) is 19.0. The maximum absolute atomic E-state index is 7.15. The second-order valence-corrected chi connectivity index (χ2v) is 25.4. The van der Waals surface area contributed by atoms with Gasteiger partial charge in [-0.2, -0.15) is 0 Å². The Balaban J connectivity index is 6.37. The van der Waals surface area contributed by atoms with Gasteiger partial charge in [0.2, 0.25) is 0 Å². The third-order valence-electron chi connectivity index (χ3n) is 6.37. The monoisotopic (exact) mass is 704 g/mol. The Hall–Kier alpha value is 0.912. The van der Waals surface area contributed by atoms with Crippen LogP contribution >= 0.6 is 0 Å². The van der Waals surface area contributed by atoms with E-state index in [1.54, 1.807) is 0 Å². The molecule has 39 heavy (non-hydrogen) atoms. The normalized spacial score (nSPS) is 12.9. The van der Waals surface area contributed by atoms with E-state index in [2.05, 4.69) is 13.8 Å². The molecular weight excluding hydrogens is 639 g/mol. The van der Waals surface area contributed by atoms with Gasteiger partial charge in [-0.05, 0) is 0 Å². The van der Waals surface area contributed by atoms with E-state index in [1.807, 2.05) is 41.5 Å². The van der Waals surface area contributed by atoms with Gasteiger partial charge in [0, 0.05) is 0 Å². The number of hydrogen-bond acceptors (Lipinski definition) is 8. The average molecular weight is 704 g/mol. The summed E-state index contributed by atoms with van der Waals surface area (Å²) in [5.41, 5.74) is 0. The van der Waals surface area contributed by atoms with Crippen molar-refractivity contribution < 1.29 is 32.1 Å². The molecule has 0 bridgehead atoms. The Morgan fingerprint density at radius 2 is 0.615 bits per heavy atom. The summed E-state index contributed by atoms with van der Waals surface area (Å²) in [6, 6.07) is 0. The van der Waals surface area contributed by atoms with Crippen molar-refractivity contribution >= 4 is 37.3 Å². The topological polar surface area (TPSA) is 73.8 Å². The number of rotatable bonds is 30. The molecule has 0 fully saturated rings. The van der Waals surface area contributed by atoms with E-state index >= 15 is 0 Å². The van der Waals surface area contributed by atoms with Crippen molar-refractivity contribution in [3.8, 4) is 0 Å². The SMILES string of the molecule is CCCCCCC[CH2][Sn]([CH2]CCCCCCC)([O][Si](OCC)(OCC)OCC)[O][Si](OCC)(OCC)OCC. The van der Waals surface area contributed by atoms with Gasteiger partial charge in [-0.25, -0.2) is 0 Å². The van der Waals surface area contributed by atoms with Crippen LogP contribution in [0.15, 0.2) is 0 Å². The predicted molar refractivity (Wildman–Crippen MR) is 166 cm³/mol. The van der Waals surface area contributed by atoms with E-state index in [4.69, 9.17) is 32.1 Å². The molecule has 0 rings (SSSR count). The maximum atomic E-state index is 7.15.